The van der Waals surface area contributed by atoms with Crippen LogP contribution in [-0.4, -0.2) is 21.3 Å². The quantitative estimate of drug-likeness (QED) is 0.515. The van der Waals surface area contributed by atoms with Crippen LogP contribution in [0.4, 0.5) is 0 Å². The van der Waals surface area contributed by atoms with Crippen LogP contribution in [0.1, 0.15) is 34.8 Å². The van der Waals surface area contributed by atoms with E-state index in [-0.39, 0.29) is 17.2 Å². The molecule has 0 aliphatic heterocycles. The Hall–Kier alpha value is -3.67. The second-order valence-corrected chi connectivity index (χ2v) is 6.54. The number of carbonyl (C=O) groups is 1. The highest BCUT2D eigenvalue weighted by molar-refractivity contribution is 6.01. The number of hydrogen-bond acceptors (Lipinski definition) is 6. The molecule has 1 aromatic heterocycles. The largest absolute Gasteiger partial charge is 0.506 e. The standard InChI is InChI=1S/C22H18N2O4/c1-13-7-9-16(10-8-13)21-24-23-20(28-21)14(2)27-22(26)18-12-11-15-5-3-4-6-17(15)19(18)25/h3-12,14,25H,1-2H3/t14-/m0/s1. The van der Waals surface area contributed by atoms with E-state index in [0.29, 0.717) is 11.3 Å². The summed E-state index contributed by atoms with van der Waals surface area (Å²) in [6, 6.07) is 18.2. The zero-order chi connectivity index (χ0) is 19.7. The van der Waals surface area contributed by atoms with E-state index >= 15 is 0 Å². The number of aromatic hydroxyl groups is 1. The Morgan fingerprint density at radius 1 is 1.04 bits per heavy atom. The molecular formula is C22H18N2O4. The molecule has 0 unspecified atom stereocenters. The fourth-order valence-corrected chi connectivity index (χ4v) is 2.91. The fraction of sp³-hybridized carbons (Fsp3) is 0.136. The first-order chi connectivity index (χ1) is 13.5. The van der Waals surface area contributed by atoms with E-state index in [1.54, 1.807) is 25.1 Å². The molecule has 0 amide bonds. The van der Waals surface area contributed by atoms with Crippen LogP contribution in [0.2, 0.25) is 0 Å². The molecule has 0 aliphatic rings. The maximum atomic E-state index is 12.5. The number of benzene rings is 3. The van der Waals surface area contributed by atoms with Crippen LogP contribution < -0.4 is 0 Å². The van der Waals surface area contributed by atoms with Crippen molar-refractivity contribution < 1.29 is 19.1 Å². The van der Waals surface area contributed by atoms with Crippen molar-refractivity contribution in [1.82, 2.24) is 10.2 Å². The average molecular weight is 374 g/mol. The van der Waals surface area contributed by atoms with Gasteiger partial charge in [-0.05, 0) is 37.4 Å². The average Bonchev–Trinajstić information content (AvgIpc) is 3.19. The van der Waals surface area contributed by atoms with Gasteiger partial charge in [-0.3, -0.25) is 0 Å². The van der Waals surface area contributed by atoms with Crippen LogP contribution in [0.5, 0.6) is 5.75 Å². The van der Waals surface area contributed by atoms with Crippen LogP contribution in [0, 0.1) is 6.92 Å². The molecule has 0 fully saturated rings. The van der Waals surface area contributed by atoms with Crippen molar-refractivity contribution >= 4 is 16.7 Å². The summed E-state index contributed by atoms with van der Waals surface area (Å²) < 4.78 is 11.1. The minimum atomic E-state index is -0.759. The molecule has 6 heteroatoms. The molecule has 1 heterocycles. The molecule has 0 saturated carbocycles. The van der Waals surface area contributed by atoms with Gasteiger partial charge in [0.1, 0.15) is 11.3 Å². The minimum Gasteiger partial charge on any atom is -0.506 e. The molecule has 1 atom stereocenters. The number of aryl methyl sites for hydroxylation is 1. The number of aromatic nitrogens is 2. The molecule has 0 bridgehead atoms. The van der Waals surface area contributed by atoms with Crippen LogP contribution in [0.3, 0.4) is 0 Å². The van der Waals surface area contributed by atoms with Crippen molar-refractivity contribution in [3.05, 3.63) is 77.7 Å². The van der Waals surface area contributed by atoms with Gasteiger partial charge in [0.2, 0.25) is 5.89 Å². The van der Waals surface area contributed by atoms with Crippen LogP contribution in [-0.2, 0) is 4.74 Å². The number of esters is 1. The third-order valence-corrected chi connectivity index (χ3v) is 4.49. The van der Waals surface area contributed by atoms with Gasteiger partial charge in [-0.1, -0.05) is 48.0 Å². The van der Waals surface area contributed by atoms with Gasteiger partial charge in [-0.25, -0.2) is 4.79 Å². The Labute approximate surface area is 161 Å². The van der Waals surface area contributed by atoms with Crippen LogP contribution in [0.25, 0.3) is 22.2 Å². The van der Waals surface area contributed by atoms with Gasteiger partial charge >= 0.3 is 5.97 Å². The van der Waals surface area contributed by atoms with Crippen molar-refractivity contribution in [3.8, 4) is 17.2 Å². The summed E-state index contributed by atoms with van der Waals surface area (Å²) in [6.07, 6.45) is -0.759. The Morgan fingerprint density at radius 2 is 1.79 bits per heavy atom. The minimum absolute atomic E-state index is 0.0869. The lowest BCUT2D eigenvalue weighted by Gasteiger charge is -2.11. The molecule has 3 aromatic carbocycles. The molecule has 0 spiro atoms. The van der Waals surface area contributed by atoms with Crippen LogP contribution in [0.15, 0.2) is 65.1 Å². The summed E-state index contributed by atoms with van der Waals surface area (Å²) in [5.74, 6) is -0.234. The number of nitrogens with zero attached hydrogens (tertiary/aromatic N) is 2. The second-order valence-electron chi connectivity index (χ2n) is 6.54. The third-order valence-electron chi connectivity index (χ3n) is 4.49. The number of hydrogen-bond donors (Lipinski definition) is 1. The molecule has 140 valence electrons. The zero-order valence-corrected chi connectivity index (χ0v) is 15.4. The first-order valence-electron chi connectivity index (χ1n) is 8.85. The van der Waals surface area contributed by atoms with Crippen molar-refractivity contribution in [2.75, 3.05) is 0 Å². The summed E-state index contributed by atoms with van der Waals surface area (Å²) in [5.41, 5.74) is 2.00. The van der Waals surface area contributed by atoms with Crippen molar-refractivity contribution in [1.29, 1.82) is 0 Å². The van der Waals surface area contributed by atoms with E-state index in [2.05, 4.69) is 10.2 Å². The lowest BCUT2D eigenvalue weighted by molar-refractivity contribution is 0.0277. The van der Waals surface area contributed by atoms with Crippen molar-refractivity contribution in [2.24, 2.45) is 0 Å². The summed E-state index contributed by atoms with van der Waals surface area (Å²) in [5, 5.41) is 19.8. The van der Waals surface area contributed by atoms with Gasteiger partial charge in [-0.2, -0.15) is 0 Å². The number of carbonyl (C=O) groups excluding carboxylic acids is 1. The molecule has 0 radical (unpaired) electrons. The van der Waals surface area contributed by atoms with E-state index in [4.69, 9.17) is 9.15 Å². The third kappa shape index (κ3) is 3.32. The predicted molar refractivity (Wildman–Crippen MR) is 104 cm³/mol. The molecule has 28 heavy (non-hydrogen) atoms. The summed E-state index contributed by atoms with van der Waals surface area (Å²) in [4.78, 5) is 12.5. The van der Waals surface area contributed by atoms with Gasteiger partial charge in [0.05, 0.1) is 0 Å². The number of phenols is 1. The summed E-state index contributed by atoms with van der Waals surface area (Å²) in [7, 11) is 0. The molecule has 1 N–H and O–H groups in total. The Bertz CT molecular complexity index is 1150. The Balaban J connectivity index is 1.54. The Morgan fingerprint density at radius 3 is 2.57 bits per heavy atom. The van der Waals surface area contributed by atoms with E-state index in [1.807, 2.05) is 43.3 Å². The molecule has 4 rings (SSSR count). The lowest BCUT2D eigenvalue weighted by Crippen LogP contribution is -2.10. The van der Waals surface area contributed by atoms with Gasteiger partial charge in [0, 0.05) is 10.9 Å². The monoisotopic (exact) mass is 374 g/mol. The predicted octanol–water partition coefficient (Wildman–Crippen LogP) is 4.82. The highest BCUT2D eigenvalue weighted by Gasteiger charge is 2.22. The molecule has 0 saturated heterocycles. The SMILES string of the molecule is Cc1ccc(-c2nnc([C@H](C)OC(=O)c3ccc4ccccc4c3O)o2)cc1. The van der Waals surface area contributed by atoms with Gasteiger partial charge in [-0.15, -0.1) is 10.2 Å². The first-order valence-corrected chi connectivity index (χ1v) is 8.85. The highest BCUT2D eigenvalue weighted by Crippen LogP contribution is 2.30. The number of ether oxygens (including phenoxy) is 1. The lowest BCUT2D eigenvalue weighted by atomic mass is 10.1. The maximum absolute atomic E-state index is 12.5. The van der Waals surface area contributed by atoms with Gasteiger partial charge < -0.3 is 14.3 Å². The maximum Gasteiger partial charge on any atom is 0.342 e. The number of phenolic OH excluding ortho intramolecular Hbond substituents is 1. The second kappa shape index (κ2) is 7.15. The molecule has 6 nitrogen and oxygen atoms in total. The van der Waals surface area contributed by atoms with Crippen LogP contribution >= 0.6 is 0 Å². The van der Waals surface area contributed by atoms with E-state index in [1.165, 1.54) is 6.07 Å². The topological polar surface area (TPSA) is 85.5 Å². The van der Waals surface area contributed by atoms with Crippen molar-refractivity contribution in [2.45, 2.75) is 20.0 Å². The Kier molecular flexibility index (Phi) is 4.53. The molecule has 0 aliphatic carbocycles. The zero-order valence-electron chi connectivity index (χ0n) is 15.4. The van der Waals surface area contributed by atoms with E-state index < -0.39 is 12.1 Å². The molecular weight excluding hydrogens is 356 g/mol. The fourth-order valence-electron chi connectivity index (χ4n) is 2.91. The summed E-state index contributed by atoms with van der Waals surface area (Å²) in [6.45, 7) is 3.63. The smallest absolute Gasteiger partial charge is 0.342 e. The van der Waals surface area contributed by atoms with E-state index in [9.17, 15) is 9.90 Å². The van der Waals surface area contributed by atoms with Crippen molar-refractivity contribution in [3.63, 3.8) is 0 Å². The molecule has 4 aromatic rings. The summed E-state index contributed by atoms with van der Waals surface area (Å²) >= 11 is 0. The van der Waals surface area contributed by atoms with Gasteiger partial charge in [0.15, 0.2) is 6.10 Å². The van der Waals surface area contributed by atoms with Gasteiger partial charge in [0.25, 0.3) is 5.89 Å². The number of rotatable bonds is 4. The van der Waals surface area contributed by atoms with E-state index in [0.717, 1.165) is 16.5 Å². The first kappa shape index (κ1) is 17.7. The normalized spacial score (nSPS) is 12.1. The highest BCUT2D eigenvalue weighted by atomic mass is 16.6. The number of fused-ring (bicyclic) bond motifs is 1.